The highest BCUT2D eigenvalue weighted by Gasteiger charge is 2.31. The van der Waals surface area contributed by atoms with Crippen LogP contribution in [0.4, 0.5) is 5.69 Å². The van der Waals surface area contributed by atoms with E-state index in [4.69, 9.17) is 4.74 Å². The highest BCUT2D eigenvalue weighted by Crippen LogP contribution is 2.30. The van der Waals surface area contributed by atoms with Crippen molar-refractivity contribution in [2.24, 2.45) is 11.8 Å². The summed E-state index contributed by atoms with van der Waals surface area (Å²) in [5, 5.41) is 2.85. The van der Waals surface area contributed by atoms with E-state index in [-0.39, 0.29) is 30.3 Å². The van der Waals surface area contributed by atoms with Crippen molar-refractivity contribution in [3.8, 4) is 0 Å². The Morgan fingerprint density at radius 2 is 2.00 bits per heavy atom. The summed E-state index contributed by atoms with van der Waals surface area (Å²) in [6.07, 6.45) is 1.87. The van der Waals surface area contributed by atoms with Gasteiger partial charge in [0, 0.05) is 17.2 Å². The highest BCUT2D eigenvalue weighted by molar-refractivity contribution is 5.92. The number of esters is 1. The molecule has 19 heavy (non-hydrogen) atoms. The molecule has 1 aromatic rings. The molecule has 2 rings (SSSR count). The molecule has 1 saturated carbocycles. The van der Waals surface area contributed by atoms with Crippen molar-refractivity contribution >= 4 is 17.6 Å². The van der Waals surface area contributed by atoms with Gasteiger partial charge in [-0.2, -0.15) is 0 Å². The molecule has 102 valence electrons. The van der Waals surface area contributed by atoms with E-state index in [1.807, 2.05) is 38.1 Å². The quantitative estimate of drug-likeness (QED) is 0.829. The van der Waals surface area contributed by atoms with Gasteiger partial charge in [0.25, 0.3) is 0 Å². The van der Waals surface area contributed by atoms with Gasteiger partial charge in [-0.25, -0.2) is 0 Å². The van der Waals surface area contributed by atoms with Crippen molar-refractivity contribution < 1.29 is 14.3 Å². The van der Waals surface area contributed by atoms with E-state index < -0.39 is 0 Å². The monoisotopic (exact) mass is 261 g/mol. The number of carbonyl (C=O) groups is 2. The molecule has 0 aliphatic heterocycles. The summed E-state index contributed by atoms with van der Waals surface area (Å²) in [5.41, 5.74) is 1.54. The standard InChI is InChI=1S/C15H19NO3/c1-10(2)14(17)16-13-6-4-3-5-12(13)9-19-15(18)11-7-8-11/h3-6,10-11H,7-9H2,1-2H3,(H,16,17). The molecular formula is C15H19NO3. The van der Waals surface area contributed by atoms with Crippen LogP contribution in [0.1, 0.15) is 32.3 Å². The Labute approximate surface area is 113 Å². The van der Waals surface area contributed by atoms with Gasteiger partial charge in [0.2, 0.25) is 5.91 Å². The highest BCUT2D eigenvalue weighted by atomic mass is 16.5. The first-order valence-corrected chi connectivity index (χ1v) is 6.63. The largest absolute Gasteiger partial charge is 0.461 e. The molecule has 0 saturated heterocycles. The molecule has 1 amide bonds. The van der Waals surface area contributed by atoms with E-state index in [9.17, 15) is 9.59 Å². The lowest BCUT2D eigenvalue weighted by molar-refractivity contribution is -0.146. The van der Waals surface area contributed by atoms with Crippen LogP contribution in [-0.4, -0.2) is 11.9 Å². The smallest absolute Gasteiger partial charge is 0.309 e. The predicted molar refractivity (Wildman–Crippen MR) is 72.4 cm³/mol. The second-order valence-electron chi connectivity index (χ2n) is 5.18. The molecule has 0 bridgehead atoms. The molecular weight excluding hydrogens is 242 g/mol. The molecule has 0 unspecified atom stereocenters. The third-order valence-electron chi connectivity index (χ3n) is 3.08. The van der Waals surface area contributed by atoms with E-state index in [0.29, 0.717) is 5.69 Å². The Bertz CT molecular complexity index is 478. The van der Waals surface area contributed by atoms with Crippen LogP contribution in [0, 0.1) is 11.8 Å². The van der Waals surface area contributed by atoms with E-state index in [1.165, 1.54) is 0 Å². The molecule has 0 spiro atoms. The maximum absolute atomic E-state index is 11.7. The Morgan fingerprint density at radius 3 is 2.63 bits per heavy atom. The summed E-state index contributed by atoms with van der Waals surface area (Å²) in [6, 6.07) is 7.39. The van der Waals surface area contributed by atoms with Crippen molar-refractivity contribution in [2.45, 2.75) is 33.3 Å². The number of ether oxygens (including phenoxy) is 1. The zero-order valence-electron chi connectivity index (χ0n) is 11.3. The molecule has 0 radical (unpaired) electrons. The molecule has 4 heteroatoms. The Hall–Kier alpha value is -1.84. The van der Waals surface area contributed by atoms with Crippen molar-refractivity contribution in [3.63, 3.8) is 0 Å². The normalized spacial score (nSPS) is 14.3. The number of anilines is 1. The number of amides is 1. The van der Waals surface area contributed by atoms with Crippen LogP contribution in [0.25, 0.3) is 0 Å². The minimum atomic E-state index is -0.134. The van der Waals surface area contributed by atoms with Gasteiger partial charge < -0.3 is 10.1 Å². The molecule has 1 N–H and O–H groups in total. The zero-order chi connectivity index (χ0) is 13.8. The number of nitrogens with one attached hydrogen (secondary N) is 1. The summed E-state index contributed by atoms with van der Waals surface area (Å²) in [7, 11) is 0. The summed E-state index contributed by atoms with van der Waals surface area (Å²) in [6.45, 7) is 3.89. The number of para-hydroxylation sites is 1. The van der Waals surface area contributed by atoms with Gasteiger partial charge in [0.05, 0.1) is 5.92 Å². The van der Waals surface area contributed by atoms with Crippen LogP contribution >= 0.6 is 0 Å². The van der Waals surface area contributed by atoms with Gasteiger partial charge in [-0.1, -0.05) is 32.0 Å². The number of rotatable bonds is 5. The van der Waals surface area contributed by atoms with Crippen LogP contribution in [0.5, 0.6) is 0 Å². The van der Waals surface area contributed by atoms with Crippen molar-refractivity contribution in [1.29, 1.82) is 0 Å². The minimum Gasteiger partial charge on any atom is -0.461 e. The van der Waals surface area contributed by atoms with Gasteiger partial charge in [0.1, 0.15) is 6.61 Å². The lowest BCUT2D eigenvalue weighted by Crippen LogP contribution is -2.19. The molecule has 1 aromatic carbocycles. The van der Waals surface area contributed by atoms with Gasteiger partial charge in [0.15, 0.2) is 0 Å². The fourth-order valence-electron chi connectivity index (χ4n) is 1.63. The maximum atomic E-state index is 11.7. The molecule has 1 aliphatic carbocycles. The van der Waals surface area contributed by atoms with Crippen molar-refractivity contribution in [2.75, 3.05) is 5.32 Å². The molecule has 4 nitrogen and oxygen atoms in total. The maximum Gasteiger partial charge on any atom is 0.309 e. The molecule has 0 aromatic heterocycles. The average molecular weight is 261 g/mol. The summed E-state index contributed by atoms with van der Waals surface area (Å²) >= 11 is 0. The zero-order valence-corrected chi connectivity index (χ0v) is 11.3. The van der Waals surface area contributed by atoms with Crippen LogP contribution < -0.4 is 5.32 Å². The van der Waals surface area contributed by atoms with Crippen LogP contribution in [0.15, 0.2) is 24.3 Å². The first-order chi connectivity index (χ1) is 9.08. The molecule has 1 fully saturated rings. The average Bonchev–Trinajstić information content (AvgIpc) is 3.21. The molecule has 0 heterocycles. The van der Waals surface area contributed by atoms with E-state index in [2.05, 4.69) is 5.32 Å². The van der Waals surface area contributed by atoms with E-state index in [0.717, 1.165) is 18.4 Å². The fourth-order valence-corrected chi connectivity index (χ4v) is 1.63. The number of carbonyl (C=O) groups excluding carboxylic acids is 2. The van der Waals surface area contributed by atoms with E-state index >= 15 is 0 Å². The van der Waals surface area contributed by atoms with Crippen LogP contribution in [0.2, 0.25) is 0 Å². The van der Waals surface area contributed by atoms with Crippen molar-refractivity contribution in [3.05, 3.63) is 29.8 Å². The van der Waals surface area contributed by atoms with Crippen LogP contribution in [-0.2, 0) is 20.9 Å². The summed E-state index contributed by atoms with van der Waals surface area (Å²) in [4.78, 5) is 23.2. The second kappa shape index (κ2) is 5.87. The molecule has 0 atom stereocenters. The summed E-state index contributed by atoms with van der Waals surface area (Å²) < 4.78 is 5.24. The first kappa shape index (κ1) is 13.6. The van der Waals surface area contributed by atoms with Gasteiger partial charge in [-0.15, -0.1) is 0 Å². The SMILES string of the molecule is CC(C)C(=O)Nc1ccccc1COC(=O)C1CC1. The fraction of sp³-hybridized carbons (Fsp3) is 0.467. The van der Waals surface area contributed by atoms with Crippen molar-refractivity contribution in [1.82, 2.24) is 0 Å². The summed E-state index contributed by atoms with van der Waals surface area (Å²) in [5.74, 6) is -0.162. The Kier molecular flexibility index (Phi) is 4.20. The third kappa shape index (κ3) is 3.81. The third-order valence-corrected chi connectivity index (χ3v) is 3.08. The Balaban J connectivity index is 1.98. The molecule has 1 aliphatic rings. The lowest BCUT2D eigenvalue weighted by atomic mass is 10.1. The first-order valence-electron chi connectivity index (χ1n) is 6.63. The second-order valence-corrected chi connectivity index (χ2v) is 5.18. The minimum absolute atomic E-state index is 0.0408. The van der Waals surface area contributed by atoms with Gasteiger partial charge >= 0.3 is 5.97 Å². The lowest BCUT2D eigenvalue weighted by Gasteiger charge is -2.12. The topological polar surface area (TPSA) is 55.4 Å². The van der Waals surface area contributed by atoms with Crippen LogP contribution in [0.3, 0.4) is 0 Å². The van der Waals surface area contributed by atoms with Gasteiger partial charge in [-0.05, 0) is 18.9 Å². The number of hydrogen-bond acceptors (Lipinski definition) is 3. The number of benzene rings is 1. The Morgan fingerprint density at radius 1 is 1.32 bits per heavy atom. The van der Waals surface area contributed by atoms with Gasteiger partial charge in [-0.3, -0.25) is 9.59 Å². The number of hydrogen-bond donors (Lipinski definition) is 1. The van der Waals surface area contributed by atoms with E-state index in [1.54, 1.807) is 0 Å². The predicted octanol–water partition coefficient (Wildman–Crippen LogP) is 2.73.